The van der Waals surface area contributed by atoms with Crippen molar-refractivity contribution >= 4 is 23.4 Å². The second-order valence-corrected chi connectivity index (χ2v) is 5.94. The van der Waals surface area contributed by atoms with Gasteiger partial charge in [-0.15, -0.1) is 0 Å². The number of nitrogens with one attached hydrogen (secondary N) is 1. The van der Waals surface area contributed by atoms with E-state index in [1.807, 2.05) is 30.3 Å². The number of para-hydroxylation sites is 1. The zero-order valence-electron chi connectivity index (χ0n) is 14.1. The number of nitrogens with two attached hydrogens (primary N) is 1. The Morgan fingerprint density at radius 1 is 1.12 bits per heavy atom. The lowest BCUT2D eigenvalue weighted by Crippen LogP contribution is -2.54. The van der Waals surface area contributed by atoms with E-state index in [0.717, 1.165) is 5.56 Å². The minimum atomic E-state index is -0.794. The van der Waals surface area contributed by atoms with E-state index in [1.165, 1.54) is 11.0 Å². The van der Waals surface area contributed by atoms with E-state index in [-0.39, 0.29) is 24.7 Å². The first-order chi connectivity index (χ1) is 12.6. The van der Waals surface area contributed by atoms with Crippen molar-refractivity contribution in [1.82, 2.24) is 4.90 Å². The molecule has 0 radical (unpaired) electrons. The van der Waals surface area contributed by atoms with Gasteiger partial charge in [-0.2, -0.15) is 0 Å². The van der Waals surface area contributed by atoms with Gasteiger partial charge in [-0.3, -0.25) is 14.4 Å². The van der Waals surface area contributed by atoms with Crippen molar-refractivity contribution < 1.29 is 19.1 Å². The van der Waals surface area contributed by atoms with Crippen LogP contribution in [0, 0.1) is 0 Å². The Kier molecular flexibility index (Phi) is 5.28. The van der Waals surface area contributed by atoms with Crippen molar-refractivity contribution in [2.45, 2.75) is 12.6 Å². The third-order valence-electron chi connectivity index (χ3n) is 4.15. The fraction of sp³-hybridized carbons (Fsp3) is 0.211. The zero-order chi connectivity index (χ0) is 18.5. The Morgan fingerprint density at radius 2 is 1.81 bits per heavy atom. The average molecular weight is 353 g/mol. The highest BCUT2D eigenvalue weighted by Crippen LogP contribution is 2.18. The Balaban J connectivity index is 1.80. The van der Waals surface area contributed by atoms with E-state index >= 15 is 0 Å². The molecule has 0 bridgehead atoms. The van der Waals surface area contributed by atoms with E-state index in [4.69, 9.17) is 10.5 Å². The molecule has 26 heavy (non-hydrogen) atoms. The molecule has 3 amide bonds. The maximum atomic E-state index is 12.8. The van der Waals surface area contributed by atoms with Crippen LogP contribution in [0.4, 0.5) is 5.69 Å². The van der Waals surface area contributed by atoms with Crippen molar-refractivity contribution in [3.63, 3.8) is 0 Å². The zero-order valence-corrected chi connectivity index (χ0v) is 14.1. The predicted molar refractivity (Wildman–Crippen MR) is 95.2 cm³/mol. The van der Waals surface area contributed by atoms with E-state index in [1.54, 1.807) is 18.2 Å². The SMILES string of the molecule is NC(=O)c1ccccc1NC(=O)[C@H]1COCC(=O)N1Cc1ccccc1. The van der Waals surface area contributed by atoms with Crippen molar-refractivity contribution in [2.75, 3.05) is 18.5 Å². The first-order valence-corrected chi connectivity index (χ1v) is 8.17. The van der Waals surface area contributed by atoms with Crippen LogP contribution in [-0.4, -0.2) is 41.9 Å². The van der Waals surface area contributed by atoms with Crippen molar-refractivity contribution in [3.05, 3.63) is 65.7 Å². The molecule has 1 heterocycles. The van der Waals surface area contributed by atoms with Crippen LogP contribution in [0.3, 0.4) is 0 Å². The molecule has 0 aliphatic carbocycles. The highest BCUT2D eigenvalue weighted by atomic mass is 16.5. The van der Waals surface area contributed by atoms with Crippen molar-refractivity contribution in [2.24, 2.45) is 5.73 Å². The fourth-order valence-electron chi connectivity index (χ4n) is 2.82. The average Bonchev–Trinajstić information content (AvgIpc) is 2.64. The summed E-state index contributed by atoms with van der Waals surface area (Å²) in [5.41, 5.74) is 6.77. The van der Waals surface area contributed by atoms with Gasteiger partial charge in [-0.1, -0.05) is 42.5 Å². The van der Waals surface area contributed by atoms with Gasteiger partial charge >= 0.3 is 0 Å². The predicted octanol–water partition coefficient (Wildman–Crippen LogP) is 1.15. The standard InChI is InChI=1S/C19H19N3O4/c20-18(24)14-8-4-5-9-15(14)21-19(25)16-11-26-12-17(23)22(16)10-13-6-2-1-3-7-13/h1-9,16H,10-12H2,(H2,20,24)(H,21,25)/t16-/m1/s1. The molecular weight excluding hydrogens is 334 g/mol. The van der Waals surface area contributed by atoms with Crippen LogP contribution < -0.4 is 11.1 Å². The van der Waals surface area contributed by atoms with E-state index in [2.05, 4.69) is 5.32 Å². The first-order valence-electron chi connectivity index (χ1n) is 8.17. The molecule has 134 valence electrons. The lowest BCUT2D eigenvalue weighted by molar-refractivity contribution is -0.154. The topological polar surface area (TPSA) is 102 Å². The lowest BCUT2D eigenvalue weighted by atomic mass is 10.1. The first kappa shape index (κ1) is 17.6. The highest BCUT2D eigenvalue weighted by Gasteiger charge is 2.34. The number of morpholine rings is 1. The van der Waals surface area contributed by atoms with Gasteiger partial charge in [0.1, 0.15) is 12.6 Å². The van der Waals surface area contributed by atoms with E-state index in [9.17, 15) is 14.4 Å². The number of ether oxygens (including phenoxy) is 1. The Morgan fingerprint density at radius 3 is 2.54 bits per heavy atom. The molecule has 0 spiro atoms. The number of carbonyl (C=O) groups is 3. The van der Waals surface area contributed by atoms with Gasteiger partial charge in [-0.25, -0.2) is 0 Å². The van der Waals surface area contributed by atoms with Crippen LogP contribution in [-0.2, 0) is 20.9 Å². The molecule has 3 N–H and O–H groups in total. The molecule has 1 aliphatic heterocycles. The Bertz CT molecular complexity index is 823. The number of anilines is 1. The molecule has 7 nitrogen and oxygen atoms in total. The second-order valence-electron chi connectivity index (χ2n) is 5.94. The maximum absolute atomic E-state index is 12.8. The van der Waals surface area contributed by atoms with Crippen LogP contribution >= 0.6 is 0 Å². The Labute approximate surface area is 150 Å². The number of hydrogen-bond acceptors (Lipinski definition) is 4. The number of primary amides is 1. The van der Waals surface area contributed by atoms with Gasteiger partial charge in [0.25, 0.3) is 5.91 Å². The van der Waals surface area contributed by atoms with Crippen LogP contribution in [0.15, 0.2) is 54.6 Å². The molecule has 7 heteroatoms. The number of benzene rings is 2. The smallest absolute Gasteiger partial charge is 0.250 e. The van der Waals surface area contributed by atoms with Crippen LogP contribution in [0.1, 0.15) is 15.9 Å². The number of hydrogen-bond donors (Lipinski definition) is 2. The van der Waals surface area contributed by atoms with Gasteiger partial charge in [-0.05, 0) is 17.7 Å². The quantitative estimate of drug-likeness (QED) is 0.842. The number of carbonyl (C=O) groups excluding carboxylic acids is 3. The normalized spacial score (nSPS) is 17.0. The molecule has 1 atom stereocenters. The summed E-state index contributed by atoms with van der Waals surface area (Å²) >= 11 is 0. The molecule has 0 unspecified atom stereocenters. The van der Waals surface area contributed by atoms with Gasteiger partial charge in [0.2, 0.25) is 11.8 Å². The fourth-order valence-corrected chi connectivity index (χ4v) is 2.82. The molecule has 0 saturated carbocycles. The molecule has 2 aromatic rings. The molecule has 1 aliphatic rings. The monoisotopic (exact) mass is 353 g/mol. The third-order valence-corrected chi connectivity index (χ3v) is 4.15. The Hall–Kier alpha value is -3.19. The molecule has 3 rings (SSSR count). The summed E-state index contributed by atoms with van der Waals surface area (Å²) in [5, 5.41) is 2.68. The summed E-state index contributed by atoms with van der Waals surface area (Å²) in [5.74, 6) is -1.33. The van der Waals surface area contributed by atoms with Gasteiger partial charge in [0, 0.05) is 6.54 Å². The van der Waals surface area contributed by atoms with Crippen LogP contribution in [0.2, 0.25) is 0 Å². The molecule has 1 saturated heterocycles. The maximum Gasteiger partial charge on any atom is 0.250 e. The number of rotatable bonds is 5. The summed E-state index contributed by atoms with van der Waals surface area (Å²) in [4.78, 5) is 38.0. The van der Waals surface area contributed by atoms with Crippen LogP contribution in [0.25, 0.3) is 0 Å². The van der Waals surface area contributed by atoms with Crippen LogP contribution in [0.5, 0.6) is 0 Å². The number of nitrogens with zero attached hydrogens (tertiary/aromatic N) is 1. The largest absolute Gasteiger partial charge is 0.369 e. The highest BCUT2D eigenvalue weighted by molar-refractivity contribution is 6.05. The van der Waals surface area contributed by atoms with E-state index in [0.29, 0.717) is 12.2 Å². The summed E-state index contributed by atoms with van der Waals surface area (Å²) < 4.78 is 5.26. The van der Waals surface area contributed by atoms with Gasteiger partial charge < -0.3 is 20.7 Å². The van der Waals surface area contributed by atoms with Gasteiger partial charge in [0.15, 0.2) is 0 Å². The van der Waals surface area contributed by atoms with Crippen molar-refractivity contribution in [1.29, 1.82) is 0 Å². The minimum Gasteiger partial charge on any atom is -0.369 e. The molecule has 1 fully saturated rings. The molecule has 2 aromatic carbocycles. The minimum absolute atomic E-state index is 0.0610. The summed E-state index contributed by atoms with van der Waals surface area (Å²) in [7, 11) is 0. The summed E-state index contributed by atoms with van der Waals surface area (Å²) in [6.45, 7) is 0.330. The van der Waals surface area contributed by atoms with Crippen molar-refractivity contribution in [3.8, 4) is 0 Å². The number of amides is 3. The lowest BCUT2D eigenvalue weighted by Gasteiger charge is -2.34. The molecule has 0 aromatic heterocycles. The summed E-state index contributed by atoms with van der Waals surface area (Å²) in [6, 6.07) is 15.1. The summed E-state index contributed by atoms with van der Waals surface area (Å²) in [6.07, 6.45) is 0. The van der Waals surface area contributed by atoms with Gasteiger partial charge in [0.05, 0.1) is 17.9 Å². The second kappa shape index (κ2) is 7.79. The third kappa shape index (κ3) is 3.89. The van der Waals surface area contributed by atoms with E-state index < -0.39 is 17.9 Å². The molecular formula is C19H19N3O4.